The molecule has 0 saturated heterocycles. The van der Waals surface area contributed by atoms with E-state index in [1.807, 2.05) is 24.3 Å². The molecule has 2 aliphatic carbocycles. The van der Waals surface area contributed by atoms with Crippen LogP contribution in [0.3, 0.4) is 0 Å². The second kappa shape index (κ2) is 3.72. The highest BCUT2D eigenvalue weighted by molar-refractivity contribution is 5.74. The molecule has 0 bridgehead atoms. The summed E-state index contributed by atoms with van der Waals surface area (Å²) in [5.41, 5.74) is 1.72. The molecule has 2 atom stereocenters. The summed E-state index contributed by atoms with van der Waals surface area (Å²) >= 11 is 0. The first-order valence-corrected chi connectivity index (χ1v) is 6.65. The molecule has 0 aliphatic heterocycles. The third kappa shape index (κ3) is 1.52. The van der Waals surface area contributed by atoms with Crippen molar-refractivity contribution in [2.24, 2.45) is 0 Å². The Balaban J connectivity index is 1.73. The molecular formula is C14H16N2O2. The summed E-state index contributed by atoms with van der Waals surface area (Å²) in [6.45, 7) is 0. The van der Waals surface area contributed by atoms with Crippen LogP contribution in [0.25, 0.3) is 11.1 Å². The second-order valence-electron chi connectivity index (χ2n) is 5.31. The molecule has 4 nitrogen and oxygen atoms in total. The summed E-state index contributed by atoms with van der Waals surface area (Å²) in [5.74, 6) is 0. The van der Waals surface area contributed by atoms with Crippen LogP contribution in [0.5, 0.6) is 0 Å². The Hall–Kier alpha value is -1.55. The molecular weight excluding hydrogens is 228 g/mol. The molecule has 94 valence electrons. The van der Waals surface area contributed by atoms with E-state index >= 15 is 0 Å². The van der Waals surface area contributed by atoms with Gasteiger partial charge in [0.15, 0.2) is 5.58 Å². The Morgan fingerprint density at radius 2 is 2.00 bits per heavy atom. The van der Waals surface area contributed by atoms with E-state index < -0.39 is 0 Å². The second-order valence-corrected chi connectivity index (χ2v) is 5.31. The lowest BCUT2D eigenvalue weighted by Gasteiger charge is -2.40. The predicted octanol–water partition coefficient (Wildman–Crippen LogP) is 2.32. The van der Waals surface area contributed by atoms with Crippen LogP contribution >= 0.6 is 0 Å². The molecule has 1 aromatic carbocycles. The van der Waals surface area contributed by atoms with Gasteiger partial charge in [0, 0.05) is 6.04 Å². The van der Waals surface area contributed by atoms with Gasteiger partial charge in [0.2, 0.25) is 0 Å². The molecule has 1 heterocycles. The lowest BCUT2D eigenvalue weighted by molar-refractivity contribution is 0.0615. The molecule has 1 aromatic heterocycles. The van der Waals surface area contributed by atoms with Crippen molar-refractivity contribution >= 4 is 17.1 Å². The van der Waals surface area contributed by atoms with Crippen LogP contribution in [-0.2, 0) is 0 Å². The zero-order valence-corrected chi connectivity index (χ0v) is 10.1. The maximum Gasteiger partial charge on any atom is 0.298 e. The van der Waals surface area contributed by atoms with Crippen LogP contribution in [-0.4, -0.2) is 28.3 Å². The van der Waals surface area contributed by atoms with E-state index in [1.165, 1.54) is 12.8 Å². The van der Waals surface area contributed by atoms with E-state index in [1.54, 1.807) is 0 Å². The molecule has 0 amide bonds. The van der Waals surface area contributed by atoms with Crippen LogP contribution in [0.4, 0.5) is 6.01 Å². The monoisotopic (exact) mass is 244 g/mol. The van der Waals surface area contributed by atoms with Crippen LogP contribution in [0, 0.1) is 0 Å². The molecule has 1 N–H and O–H groups in total. The van der Waals surface area contributed by atoms with E-state index in [0.29, 0.717) is 12.1 Å². The quantitative estimate of drug-likeness (QED) is 0.900. The third-order valence-electron chi connectivity index (χ3n) is 4.00. The van der Waals surface area contributed by atoms with Gasteiger partial charge in [0.25, 0.3) is 6.01 Å². The number of aromatic nitrogens is 1. The average Bonchev–Trinajstić information content (AvgIpc) is 3.11. The van der Waals surface area contributed by atoms with Gasteiger partial charge >= 0.3 is 0 Å². The highest BCUT2D eigenvalue weighted by Gasteiger charge is 2.43. The Bertz CT molecular complexity index is 543. The molecule has 0 spiro atoms. The van der Waals surface area contributed by atoms with Gasteiger partial charge in [-0.3, -0.25) is 0 Å². The lowest BCUT2D eigenvalue weighted by atomic mass is 9.88. The Labute approximate surface area is 105 Å². The minimum Gasteiger partial charge on any atom is -0.423 e. The largest absolute Gasteiger partial charge is 0.423 e. The highest BCUT2D eigenvalue weighted by Crippen LogP contribution is 2.39. The summed E-state index contributed by atoms with van der Waals surface area (Å²) in [6.07, 6.45) is 4.08. The van der Waals surface area contributed by atoms with Crippen LogP contribution in [0.1, 0.15) is 25.7 Å². The first-order valence-electron chi connectivity index (χ1n) is 6.65. The van der Waals surface area contributed by atoms with Crippen molar-refractivity contribution in [3.63, 3.8) is 0 Å². The first-order chi connectivity index (χ1) is 8.83. The van der Waals surface area contributed by atoms with Crippen LogP contribution in [0.2, 0.25) is 0 Å². The van der Waals surface area contributed by atoms with E-state index in [-0.39, 0.29) is 12.1 Å². The highest BCUT2D eigenvalue weighted by atomic mass is 16.4. The number of aliphatic hydroxyl groups is 1. The van der Waals surface area contributed by atoms with Crippen molar-refractivity contribution in [2.75, 3.05) is 4.90 Å². The molecule has 2 saturated carbocycles. The summed E-state index contributed by atoms with van der Waals surface area (Å²) in [4.78, 5) is 6.76. The zero-order chi connectivity index (χ0) is 12.1. The SMILES string of the molecule is OC1CCC1N(c1nc2ccccc2o1)C1CC1. The molecule has 18 heavy (non-hydrogen) atoms. The molecule has 2 fully saturated rings. The molecule has 4 heteroatoms. The number of rotatable bonds is 3. The number of hydrogen-bond donors (Lipinski definition) is 1. The molecule has 4 rings (SSSR count). The van der Waals surface area contributed by atoms with Crippen molar-refractivity contribution in [1.29, 1.82) is 0 Å². The average molecular weight is 244 g/mol. The minimum absolute atomic E-state index is 0.200. The van der Waals surface area contributed by atoms with E-state index in [2.05, 4.69) is 9.88 Å². The van der Waals surface area contributed by atoms with Crippen molar-refractivity contribution in [3.8, 4) is 0 Å². The number of aliphatic hydroxyl groups excluding tert-OH is 1. The maximum atomic E-state index is 9.88. The first kappa shape index (κ1) is 10.4. The molecule has 2 aliphatic rings. The van der Waals surface area contributed by atoms with Crippen molar-refractivity contribution < 1.29 is 9.52 Å². The van der Waals surface area contributed by atoms with E-state index in [9.17, 15) is 5.11 Å². The molecule has 2 unspecified atom stereocenters. The number of oxazole rings is 1. The fourth-order valence-corrected chi connectivity index (χ4v) is 2.68. The van der Waals surface area contributed by atoms with E-state index in [4.69, 9.17) is 4.42 Å². The van der Waals surface area contributed by atoms with Gasteiger partial charge in [0.1, 0.15) is 5.52 Å². The van der Waals surface area contributed by atoms with Gasteiger partial charge in [-0.15, -0.1) is 0 Å². The molecule has 2 aromatic rings. The lowest BCUT2D eigenvalue weighted by Crippen LogP contribution is -2.52. The van der Waals surface area contributed by atoms with E-state index in [0.717, 1.165) is 23.9 Å². The summed E-state index contributed by atoms with van der Waals surface area (Å²) in [6, 6.07) is 9.22. The normalized spacial score (nSPS) is 27.2. The summed E-state index contributed by atoms with van der Waals surface area (Å²) in [7, 11) is 0. The number of anilines is 1. The summed E-state index contributed by atoms with van der Waals surface area (Å²) in [5, 5.41) is 9.88. The van der Waals surface area contributed by atoms with Crippen molar-refractivity contribution in [2.45, 2.75) is 43.9 Å². The number of fused-ring (bicyclic) bond motifs is 1. The topological polar surface area (TPSA) is 49.5 Å². The summed E-state index contributed by atoms with van der Waals surface area (Å²) < 4.78 is 5.84. The Morgan fingerprint density at radius 3 is 2.61 bits per heavy atom. The predicted molar refractivity (Wildman–Crippen MR) is 68.5 cm³/mol. The van der Waals surface area contributed by atoms with Gasteiger partial charge in [-0.1, -0.05) is 12.1 Å². The maximum absolute atomic E-state index is 9.88. The smallest absolute Gasteiger partial charge is 0.298 e. The fourth-order valence-electron chi connectivity index (χ4n) is 2.68. The Kier molecular flexibility index (Phi) is 2.14. The van der Waals surface area contributed by atoms with Crippen molar-refractivity contribution in [1.82, 2.24) is 4.98 Å². The number of para-hydroxylation sites is 2. The van der Waals surface area contributed by atoms with Crippen LogP contribution < -0.4 is 4.90 Å². The van der Waals surface area contributed by atoms with Gasteiger partial charge in [-0.05, 0) is 37.8 Å². The number of nitrogens with zero attached hydrogens (tertiary/aromatic N) is 2. The van der Waals surface area contributed by atoms with Gasteiger partial charge < -0.3 is 14.4 Å². The number of benzene rings is 1. The van der Waals surface area contributed by atoms with Crippen molar-refractivity contribution in [3.05, 3.63) is 24.3 Å². The zero-order valence-electron chi connectivity index (χ0n) is 10.1. The van der Waals surface area contributed by atoms with Gasteiger partial charge in [-0.2, -0.15) is 4.98 Å². The fraction of sp³-hybridized carbons (Fsp3) is 0.500. The van der Waals surface area contributed by atoms with Crippen LogP contribution in [0.15, 0.2) is 28.7 Å². The molecule has 0 radical (unpaired) electrons. The number of hydrogen-bond acceptors (Lipinski definition) is 4. The standard InChI is InChI=1S/C14H16N2O2/c17-12-8-7-11(12)16(9-5-6-9)14-15-10-3-1-2-4-13(10)18-14/h1-4,9,11-12,17H,5-8H2. The van der Waals surface area contributed by atoms with Gasteiger partial charge in [0.05, 0.1) is 12.1 Å². The Morgan fingerprint density at radius 1 is 1.17 bits per heavy atom. The minimum atomic E-state index is -0.222. The van der Waals surface area contributed by atoms with Gasteiger partial charge in [-0.25, -0.2) is 0 Å². The third-order valence-corrected chi connectivity index (χ3v) is 4.00.